The summed E-state index contributed by atoms with van der Waals surface area (Å²) in [6, 6.07) is 0. The molecule has 0 amide bonds. The summed E-state index contributed by atoms with van der Waals surface area (Å²) in [7, 11) is 0. The summed E-state index contributed by atoms with van der Waals surface area (Å²) in [6.45, 7) is 5.78. The van der Waals surface area contributed by atoms with E-state index >= 15 is 0 Å². The highest BCUT2D eigenvalue weighted by Crippen LogP contribution is 2.23. The lowest BCUT2D eigenvalue weighted by molar-refractivity contribution is -0.156. The van der Waals surface area contributed by atoms with Gasteiger partial charge in [-0.25, -0.2) is 0 Å². The van der Waals surface area contributed by atoms with Gasteiger partial charge in [-0.3, -0.25) is 9.59 Å². The Hall–Kier alpha value is -1.06. The second-order valence-corrected chi connectivity index (χ2v) is 3.20. The van der Waals surface area contributed by atoms with E-state index in [-0.39, 0.29) is 30.8 Å². The van der Waals surface area contributed by atoms with Crippen LogP contribution in [0.4, 0.5) is 0 Å². The Labute approximate surface area is 84.3 Å². The van der Waals surface area contributed by atoms with E-state index < -0.39 is 5.97 Å². The fourth-order valence-electron chi connectivity index (χ4n) is 1.51. The van der Waals surface area contributed by atoms with Crippen LogP contribution in [0, 0.1) is 5.92 Å². The zero-order chi connectivity index (χ0) is 11.1. The fraction of sp³-hybridized carbons (Fsp3) is 0.800. The van der Waals surface area contributed by atoms with Gasteiger partial charge >= 0.3 is 11.9 Å². The number of carboxylic acids is 1. The minimum atomic E-state index is -0.845. The molecule has 0 aromatic carbocycles. The molecule has 0 aliphatic carbocycles. The SMILES string of the molecule is CC.CC1CC(CC(=O)O)CC(=O)O1. The molecule has 0 saturated carbocycles. The number of carboxylic acid groups (broad SMARTS) is 1. The molecule has 0 bridgehead atoms. The van der Waals surface area contributed by atoms with Crippen LogP contribution >= 0.6 is 0 Å². The van der Waals surface area contributed by atoms with Gasteiger partial charge < -0.3 is 9.84 Å². The number of carbonyl (C=O) groups excluding carboxylic acids is 1. The lowest BCUT2D eigenvalue weighted by Crippen LogP contribution is -2.28. The first kappa shape index (κ1) is 12.9. The summed E-state index contributed by atoms with van der Waals surface area (Å²) in [5.41, 5.74) is 0. The van der Waals surface area contributed by atoms with Crippen molar-refractivity contribution in [3.05, 3.63) is 0 Å². The van der Waals surface area contributed by atoms with Crippen molar-refractivity contribution in [2.75, 3.05) is 0 Å². The number of cyclic esters (lactones) is 1. The monoisotopic (exact) mass is 202 g/mol. The minimum absolute atomic E-state index is 0.0428. The third-order valence-corrected chi connectivity index (χ3v) is 1.92. The molecular formula is C10H18O4. The molecule has 1 aliphatic heterocycles. The molecule has 0 aromatic heterocycles. The summed E-state index contributed by atoms with van der Waals surface area (Å²) < 4.78 is 4.87. The zero-order valence-corrected chi connectivity index (χ0v) is 8.95. The van der Waals surface area contributed by atoms with Gasteiger partial charge in [-0.15, -0.1) is 0 Å². The van der Waals surface area contributed by atoms with Crippen LogP contribution in [0.25, 0.3) is 0 Å². The van der Waals surface area contributed by atoms with Gasteiger partial charge in [0.25, 0.3) is 0 Å². The predicted octanol–water partition coefficient (Wildman–Crippen LogP) is 1.83. The standard InChI is InChI=1S/C8H12O4.C2H6/c1-5-2-6(3-7(9)10)4-8(11)12-5;1-2/h5-6H,2-4H2,1H3,(H,9,10);1-2H3. The molecular weight excluding hydrogens is 184 g/mol. The van der Waals surface area contributed by atoms with Gasteiger partial charge in [0.05, 0.1) is 6.10 Å². The lowest BCUT2D eigenvalue weighted by Gasteiger charge is -2.25. The molecule has 0 spiro atoms. The highest BCUT2D eigenvalue weighted by molar-refractivity contribution is 5.73. The Morgan fingerprint density at radius 1 is 1.57 bits per heavy atom. The largest absolute Gasteiger partial charge is 0.481 e. The van der Waals surface area contributed by atoms with Crippen molar-refractivity contribution in [1.82, 2.24) is 0 Å². The van der Waals surface area contributed by atoms with Crippen molar-refractivity contribution >= 4 is 11.9 Å². The van der Waals surface area contributed by atoms with E-state index in [1.54, 1.807) is 6.92 Å². The first-order chi connectivity index (χ1) is 6.58. The number of rotatable bonds is 2. The van der Waals surface area contributed by atoms with Crippen LogP contribution in [0.3, 0.4) is 0 Å². The molecule has 1 aliphatic rings. The molecule has 14 heavy (non-hydrogen) atoms. The number of hydrogen-bond acceptors (Lipinski definition) is 3. The molecule has 1 fully saturated rings. The van der Waals surface area contributed by atoms with Gasteiger partial charge in [-0.05, 0) is 19.3 Å². The van der Waals surface area contributed by atoms with E-state index in [4.69, 9.17) is 9.84 Å². The third kappa shape index (κ3) is 4.84. The second-order valence-electron chi connectivity index (χ2n) is 3.20. The molecule has 2 atom stereocenters. The smallest absolute Gasteiger partial charge is 0.306 e. The van der Waals surface area contributed by atoms with Crippen LogP contribution in [0.5, 0.6) is 0 Å². The molecule has 82 valence electrons. The van der Waals surface area contributed by atoms with E-state index in [9.17, 15) is 9.59 Å². The van der Waals surface area contributed by atoms with Crippen molar-refractivity contribution in [3.8, 4) is 0 Å². The average molecular weight is 202 g/mol. The van der Waals surface area contributed by atoms with E-state index in [0.29, 0.717) is 6.42 Å². The minimum Gasteiger partial charge on any atom is -0.481 e. The summed E-state index contributed by atoms with van der Waals surface area (Å²) in [6.07, 6.45) is 0.851. The quantitative estimate of drug-likeness (QED) is 0.694. The second kappa shape index (κ2) is 6.40. The van der Waals surface area contributed by atoms with Crippen LogP contribution in [0.2, 0.25) is 0 Å². The number of hydrogen-bond donors (Lipinski definition) is 1. The summed E-state index contributed by atoms with van der Waals surface area (Å²) in [4.78, 5) is 21.2. The molecule has 1 N–H and O–H groups in total. The maximum Gasteiger partial charge on any atom is 0.306 e. The Balaban J connectivity index is 0.000000791. The Morgan fingerprint density at radius 2 is 2.14 bits per heavy atom. The molecule has 2 unspecified atom stereocenters. The van der Waals surface area contributed by atoms with Crippen molar-refractivity contribution in [1.29, 1.82) is 0 Å². The van der Waals surface area contributed by atoms with Crippen molar-refractivity contribution in [3.63, 3.8) is 0 Å². The van der Waals surface area contributed by atoms with Gasteiger partial charge in [0.2, 0.25) is 0 Å². The van der Waals surface area contributed by atoms with Crippen LogP contribution in [-0.4, -0.2) is 23.1 Å². The van der Waals surface area contributed by atoms with E-state index in [2.05, 4.69) is 0 Å². The normalized spacial score (nSPS) is 25.8. The Morgan fingerprint density at radius 3 is 2.57 bits per heavy atom. The molecule has 0 radical (unpaired) electrons. The molecule has 1 saturated heterocycles. The highest BCUT2D eigenvalue weighted by Gasteiger charge is 2.27. The topological polar surface area (TPSA) is 63.6 Å². The van der Waals surface area contributed by atoms with Crippen LogP contribution in [0.1, 0.15) is 40.0 Å². The summed E-state index contributed by atoms with van der Waals surface area (Å²) in [5, 5.41) is 8.49. The molecule has 4 heteroatoms. The highest BCUT2D eigenvalue weighted by atomic mass is 16.5. The Kier molecular flexibility index (Phi) is 5.92. The van der Waals surface area contributed by atoms with Crippen molar-refractivity contribution in [2.24, 2.45) is 5.92 Å². The van der Waals surface area contributed by atoms with Crippen LogP contribution < -0.4 is 0 Å². The van der Waals surface area contributed by atoms with Gasteiger partial charge in [0.1, 0.15) is 0 Å². The summed E-state index contributed by atoms with van der Waals surface area (Å²) in [5.74, 6) is -1.17. The maximum absolute atomic E-state index is 10.9. The zero-order valence-electron chi connectivity index (χ0n) is 8.95. The van der Waals surface area contributed by atoms with E-state index in [0.717, 1.165) is 0 Å². The van der Waals surface area contributed by atoms with Crippen LogP contribution in [-0.2, 0) is 14.3 Å². The predicted molar refractivity (Wildman–Crippen MR) is 51.9 cm³/mol. The molecule has 1 rings (SSSR count). The molecule has 0 aromatic rings. The first-order valence-corrected chi connectivity index (χ1v) is 4.99. The third-order valence-electron chi connectivity index (χ3n) is 1.92. The van der Waals surface area contributed by atoms with Gasteiger partial charge in [0, 0.05) is 12.8 Å². The molecule has 1 heterocycles. The van der Waals surface area contributed by atoms with Gasteiger partial charge in [-0.2, -0.15) is 0 Å². The number of carbonyl (C=O) groups is 2. The lowest BCUT2D eigenvalue weighted by atomic mass is 9.93. The van der Waals surface area contributed by atoms with E-state index in [1.807, 2.05) is 13.8 Å². The van der Waals surface area contributed by atoms with Gasteiger partial charge in [-0.1, -0.05) is 13.8 Å². The summed E-state index contributed by atoms with van der Waals surface area (Å²) >= 11 is 0. The maximum atomic E-state index is 10.9. The van der Waals surface area contributed by atoms with E-state index in [1.165, 1.54) is 0 Å². The number of ether oxygens (including phenoxy) is 1. The van der Waals surface area contributed by atoms with Crippen LogP contribution in [0.15, 0.2) is 0 Å². The first-order valence-electron chi connectivity index (χ1n) is 4.99. The van der Waals surface area contributed by atoms with Crippen molar-refractivity contribution in [2.45, 2.75) is 46.1 Å². The fourth-order valence-corrected chi connectivity index (χ4v) is 1.51. The Bertz CT molecular complexity index is 198. The number of aliphatic carboxylic acids is 1. The number of esters is 1. The van der Waals surface area contributed by atoms with Gasteiger partial charge in [0.15, 0.2) is 0 Å². The van der Waals surface area contributed by atoms with Crippen molar-refractivity contribution < 1.29 is 19.4 Å². The molecule has 4 nitrogen and oxygen atoms in total. The average Bonchev–Trinajstić information content (AvgIpc) is 2.04.